The number of nitrogens with zero attached hydrogens (tertiary/aromatic N) is 3. The highest BCUT2D eigenvalue weighted by Crippen LogP contribution is 2.27. The van der Waals surface area contributed by atoms with Crippen molar-refractivity contribution in [2.24, 2.45) is 0 Å². The van der Waals surface area contributed by atoms with Gasteiger partial charge in [-0.2, -0.15) is 5.26 Å². The topological polar surface area (TPSA) is 74.5 Å². The monoisotopic (exact) mass is 372 g/mol. The van der Waals surface area contributed by atoms with E-state index >= 15 is 0 Å². The highest BCUT2D eigenvalue weighted by molar-refractivity contribution is 6.04. The zero-order chi connectivity index (χ0) is 19.8. The highest BCUT2D eigenvalue weighted by Gasteiger charge is 2.28. The van der Waals surface area contributed by atoms with Crippen molar-refractivity contribution < 1.29 is 9.18 Å². The van der Waals surface area contributed by atoms with Crippen molar-refractivity contribution in [1.29, 1.82) is 5.26 Å². The Hall–Kier alpha value is -3.72. The lowest BCUT2D eigenvalue weighted by Gasteiger charge is -2.11. The number of aromatic amines is 1. The number of ketones is 1. The number of carbonyl (C=O) groups is 1. The molecule has 0 spiro atoms. The number of benzene rings is 2. The van der Waals surface area contributed by atoms with Crippen molar-refractivity contribution in [3.05, 3.63) is 83.2 Å². The summed E-state index contributed by atoms with van der Waals surface area (Å²) < 4.78 is 16.0. The summed E-state index contributed by atoms with van der Waals surface area (Å²) in [7, 11) is 0. The summed E-state index contributed by atoms with van der Waals surface area (Å²) in [6.45, 7) is 3.55. The molecule has 6 heteroatoms. The molecule has 4 rings (SSSR count). The number of nitrogens with one attached hydrogen (secondary N) is 1. The molecule has 0 aliphatic carbocycles. The van der Waals surface area contributed by atoms with Crippen LogP contribution < -0.4 is 0 Å². The number of nitriles is 1. The molecule has 0 fully saturated rings. The number of fused-ring (bicyclic) bond motifs is 1. The van der Waals surface area contributed by atoms with E-state index in [4.69, 9.17) is 0 Å². The molecule has 5 nitrogen and oxygen atoms in total. The third kappa shape index (κ3) is 2.78. The van der Waals surface area contributed by atoms with Gasteiger partial charge in [0, 0.05) is 17.0 Å². The smallest absolute Gasteiger partial charge is 0.189 e. The SMILES string of the molecule is Cc1cc(C(=O)C(C#N)c2nc3ccccc3[nH]2)c(C)n1-c1ccccc1F. The summed E-state index contributed by atoms with van der Waals surface area (Å²) in [6, 6.07) is 17.5. The van der Waals surface area contributed by atoms with Gasteiger partial charge in [-0.1, -0.05) is 24.3 Å². The van der Waals surface area contributed by atoms with Crippen LogP contribution in [0.15, 0.2) is 54.6 Å². The second kappa shape index (κ2) is 6.78. The molecule has 0 amide bonds. The first kappa shape index (κ1) is 17.7. The molecule has 28 heavy (non-hydrogen) atoms. The summed E-state index contributed by atoms with van der Waals surface area (Å²) in [5, 5.41) is 9.67. The molecule has 138 valence electrons. The molecule has 0 aliphatic heterocycles. The summed E-state index contributed by atoms with van der Waals surface area (Å²) in [5.41, 5.74) is 3.52. The fraction of sp³-hybridized carbons (Fsp3) is 0.136. The van der Waals surface area contributed by atoms with E-state index in [1.54, 1.807) is 42.7 Å². The number of aryl methyl sites for hydroxylation is 1. The van der Waals surface area contributed by atoms with Crippen molar-refractivity contribution in [3.8, 4) is 11.8 Å². The number of rotatable bonds is 4. The van der Waals surface area contributed by atoms with E-state index in [1.807, 2.05) is 24.3 Å². The fourth-order valence-electron chi connectivity index (χ4n) is 3.52. The molecule has 2 aromatic heterocycles. The van der Waals surface area contributed by atoms with Gasteiger partial charge in [0.1, 0.15) is 11.6 Å². The lowest BCUT2D eigenvalue weighted by molar-refractivity contribution is 0.0976. The van der Waals surface area contributed by atoms with Crippen LogP contribution in [-0.4, -0.2) is 20.3 Å². The first-order chi connectivity index (χ1) is 13.5. The van der Waals surface area contributed by atoms with Crippen LogP contribution in [0.4, 0.5) is 4.39 Å². The summed E-state index contributed by atoms with van der Waals surface area (Å²) >= 11 is 0. The van der Waals surface area contributed by atoms with Gasteiger partial charge in [-0.15, -0.1) is 0 Å². The average Bonchev–Trinajstić information content (AvgIpc) is 3.23. The largest absolute Gasteiger partial charge is 0.340 e. The number of imidazole rings is 1. The predicted octanol–water partition coefficient (Wildman–Crippen LogP) is 4.60. The second-order valence-corrected chi connectivity index (χ2v) is 6.64. The third-order valence-electron chi connectivity index (χ3n) is 4.86. The van der Waals surface area contributed by atoms with E-state index < -0.39 is 5.92 Å². The van der Waals surface area contributed by atoms with Gasteiger partial charge in [0.05, 0.1) is 22.8 Å². The molecule has 0 saturated carbocycles. The molecule has 1 unspecified atom stereocenters. The third-order valence-corrected chi connectivity index (χ3v) is 4.86. The van der Waals surface area contributed by atoms with Gasteiger partial charge in [-0.25, -0.2) is 9.37 Å². The van der Waals surface area contributed by atoms with Gasteiger partial charge in [-0.05, 0) is 44.2 Å². The van der Waals surface area contributed by atoms with Gasteiger partial charge >= 0.3 is 0 Å². The lowest BCUT2D eigenvalue weighted by atomic mass is 9.98. The Morgan fingerprint density at radius 2 is 1.89 bits per heavy atom. The lowest BCUT2D eigenvalue weighted by Crippen LogP contribution is -2.14. The maximum absolute atomic E-state index is 14.3. The number of hydrogen-bond donors (Lipinski definition) is 1. The zero-order valence-corrected chi connectivity index (χ0v) is 15.4. The second-order valence-electron chi connectivity index (χ2n) is 6.64. The fourth-order valence-corrected chi connectivity index (χ4v) is 3.52. The van der Waals surface area contributed by atoms with Gasteiger partial charge in [0.15, 0.2) is 11.7 Å². The van der Waals surface area contributed by atoms with Gasteiger partial charge in [-0.3, -0.25) is 4.79 Å². The first-order valence-electron chi connectivity index (χ1n) is 8.83. The number of para-hydroxylation sites is 3. The molecule has 0 saturated heterocycles. The Bertz CT molecular complexity index is 1210. The van der Waals surface area contributed by atoms with Crippen LogP contribution in [0.25, 0.3) is 16.7 Å². The summed E-state index contributed by atoms with van der Waals surface area (Å²) in [4.78, 5) is 20.6. The van der Waals surface area contributed by atoms with E-state index in [0.29, 0.717) is 34.0 Å². The van der Waals surface area contributed by atoms with E-state index in [1.165, 1.54) is 6.07 Å². The predicted molar refractivity (Wildman–Crippen MR) is 104 cm³/mol. The van der Waals surface area contributed by atoms with Crippen molar-refractivity contribution in [2.75, 3.05) is 0 Å². The molecule has 1 atom stereocenters. The Morgan fingerprint density at radius 1 is 1.18 bits per heavy atom. The number of aromatic nitrogens is 3. The number of H-pyrrole nitrogens is 1. The van der Waals surface area contributed by atoms with E-state index in [9.17, 15) is 14.4 Å². The molecule has 4 aromatic rings. The number of carbonyl (C=O) groups excluding carboxylic acids is 1. The Kier molecular flexibility index (Phi) is 4.28. The van der Waals surface area contributed by atoms with Crippen LogP contribution >= 0.6 is 0 Å². The highest BCUT2D eigenvalue weighted by atomic mass is 19.1. The normalized spacial score (nSPS) is 12.1. The quantitative estimate of drug-likeness (QED) is 0.532. The molecule has 0 radical (unpaired) electrons. The maximum Gasteiger partial charge on any atom is 0.189 e. The standard InChI is InChI=1S/C22H17FN4O/c1-13-11-15(14(2)27(13)20-10-6-3-7-17(20)23)21(28)16(12-24)22-25-18-8-4-5-9-19(18)26-22/h3-11,16H,1-2H3,(H,25,26). The van der Waals surface area contributed by atoms with Crippen molar-refractivity contribution in [3.63, 3.8) is 0 Å². The summed E-state index contributed by atoms with van der Waals surface area (Å²) in [6.07, 6.45) is 0. The van der Waals surface area contributed by atoms with Crippen molar-refractivity contribution >= 4 is 16.8 Å². The number of halogens is 1. The van der Waals surface area contributed by atoms with Gasteiger partial charge in [0.2, 0.25) is 0 Å². The van der Waals surface area contributed by atoms with Crippen LogP contribution in [0, 0.1) is 31.0 Å². The minimum atomic E-state index is -1.07. The van der Waals surface area contributed by atoms with Crippen LogP contribution in [0.1, 0.15) is 33.5 Å². The Labute approximate surface area is 161 Å². The van der Waals surface area contributed by atoms with Crippen LogP contribution in [0.2, 0.25) is 0 Å². The number of hydrogen-bond acceptors (Lipinski definition) is 3. The molecule has 2 aromatic carbocycles. The van der Waals surface area contributed by atoms with E-state index in [0.717, 1.165) is 5.52 Å². The van der Waals surface area contributed by atoms with E-state index in [2.05, 4.69) is 16.0 Å². The van der Waals surface area contributed by atoms with Gasteiger partial charge in [0.25, 0.3) is 0 Å². The molecule has 0 bridgehead atoms. The maximum atomic E-state index is 14.3. The van der Waals surface area contributed by atoms with E-state index in [-0.39, 0.29) is 11.6 Å². The van der Waals surface area contributed by atoms with Gasteiger partial charge < -0.3 is 9.55 Å². The first-order valence-corrected chi connectivity index (χ1v) is 8.83. The van der Waals surface area contributed by atoms with Crippen LogP contribution in [0.3, 0.4) is 0 Å². The van der Waals surface area contributed by atoms with Crippen LogP contribution in [0.5, 0.6) is 0 Å². The number of Topliss-reactive ketones (excluding diaryl/α,β-unsaturated/α-hetero) is 1. The average molecular weight is 372 g/mol. The summed E-state index contributed by atoms with van der Waals surface area (Å²) in [5.74, 6) is -1.50. The van der Waals surface area contributed by atoms with Crippen LogP contribution in [-0.2, 0) is 0 Å². The van der Waals surface area contributed by atoms with Crippen molar-refractivity contribution in [1.82, 2.24) is 14.5 Å². The zero-order valence-electron chi connectivity index (χ0n) is 15.4. The Morgan fingerprint density at radius 3 is 2.61 bits per heavy atom. The molecular weight excluding hydrogens is 355 g/mol. The minimum Gasteiger partial charge on any atom is -0.340 e. The molecule has 2 heterocycles. The molecule has 1 N–H and O–H groups in total. The minimum absolute atomic E-state index is 0.310. The van der Waals surface area contributed by atoms with Crippen molar-refractivity contribution in [2.45, 2.75) is 19.8 Å². The molecule has 0 aliphatic rings. The molecular formula is C22H17FN4O. The Balaban J connectivity index is 1.78.